The maximum Gasteiger partial charge on any atom is 0.262 e. The van der Waals surface area contributed by atoms with Crippen LogP contribution < -0.4 is 19.7 Å². The Balaban J connectivity index is 1.42. The zero-order chi connectivity index (χ0) is 30.5. The van der Waals surface area contributed by atoms with Crippen molar-refractivity contribution in [3.05, 3.63) is 58.1 Å². The molecule has 3 N–H and O–H groups in total. The topological polar surface area (TPSA) is 90.9 Å². The van der Waals surface area contributed by atoms with Crippen LogP contribution in [0, 0.1) is 17.8 Å². The third-order valence-corrected chi connectivity index (χ3v) is 13.4. The van der Waals surface area contributed by atoms with E-state index in [4.69, 9.17) is 16.3 Å². The van der Waals surface area contributed by atoms with Crippen LogP contribution in [0.15, 0.2) is 36.4 Å². The lowest BCUT2D eigenvalue weighted by atomic mass is 9.68. The molecule has 234 valence electrons. The molecule has 0 saturated heterocycles. The molecule has 2 bridgehead atoms. The predicted molar refractivity (Wildman–Crippen MR) is 176 cm³/mol. The molecule has 2 aromatic carbocycles. The van der Waals surface area contributed by atoms with Crippen molar-refractivity contribution in [2.45, 2.75) is 81.6 Å². The highest BCUT2D eigenvalue weighted by Gasteiger charge is 2.44. The number of ether oxygens (including phenoxy) is 1. The van der Waals surface area contributed by atoms with Gasteiger partial charge in [-0.05, 0) is 124 Å². The molecule has 2 aliphatic carbocycles. The monoisotopic (exact) mass is 627 g/mol. The SMILES string of the molecule is C=S1(=O)NC(=O)c2ccc3c(c2)N(C[C@@H]2CC[C@H]2[C@H](O)C[C@H](NC)C[C@H](C)[C@H]1C)C[C@@]1(CCCc2cc(Cl)ccc21)CO3. The molecule has 1 spiro atoms. The molecule has 2 aliphatic heterocycles. The van der Waals surface area contributed by atoms with E-state index in [-0.39, 0.29) is 34.4 Å². The molecular formula is C34H46ClN3O4S. The summed E-state index contributed by atoms with van der Waals surface area (Å²) in [5.41, 5.74) is 3.68. The average Bonchev–Trinajstić information content (AvgIpc) is 3.10. The zero-order valence-electron chi connectivity index (χ0n) is 25.6. The maximum atomic E-state index is 13.8. The van der Waals surface area contributed by atoms with Gasteiger partial charge in [-0.25, -0.2) is 4.21 Å². The summed E-state index contributed by atoms with van der Waals surface area (Å²) in [6.45, 7) is 6.02. The Labute approximate surface area is 261 Å². The summed E-state index contributed by atoms with van der Waals surface area (Å²) in [5.74, 6) is 4.93. The molecule has 2 aromatic rings. The normalized spacial score (nSPS) is 36.4. The Morgan fingerprint density at radius 3 is 2.74 bits per heavy atom. The van der Waals surface area contributed by atoms with Crippen LogP contribution in [0.2, 0.25) is 5.02 Å². The van der Waals surface area contributed by atoms with Crippen LogP contribution in [-0.4, -0.2) is 65.2 Å². The number of fused-ring (bicyclic) bond motifs is 4. The smallest absolute Gasteiger partial charge is 0.262 e. The van der Waals surface area contributed by atoms with E-state index < -0.39 is 15.8 Å². The van der Waals surface area contributed by atoms with E-state index in [0.29, 0.717) is 24.5 Å². The van der Waals surface area contributed by atoms with E-state index in [1.807, 2.05) is 32.2 Å². The minimum absolute atomic E-state index is 0.0282. The number of nitrogens with zero attached hydrogens (tertiary/aromatic N) is 1. The van der Waals surface area contributed by atoms with E-state index in [0.717, 1.165) is 68.1 Å². The lowest BCUT2D eigenvalue weighted by Crippen LogP contribution is -2.50. The summed E-state index contributed by atoms with van der Waals surface area (Å²) in [5, 5.41) is 15.3. The Morgan fingerprint density at radius 2 is 2.00 bits per heavy atom. The van der Waals surface area contributed by atoms with Crippen molar-refractivity contribution in [1.82, 2.24) is 10.0 Å². The number of carbonyl (C=O) groups is 1. The van der Waals surface area contributed by atoms with Crippen molar-refractivity contribution < 1.29 is 18.8 Å². The van der Waals surface area contributed by atoms with Crippen molar-refractivity contribution in [2.24, 2.45) is 17.8 Å². The number of nitrogens with one attached hydrogen (secondary N) is 2. The van der Waals surface area contributed by atoms with E-state index in [2.05, 4.69) is 39.9 Å². The molecule has 6 rings (SSSR count). The van der Waals surface area contributed by atoms with E-state index in [1.165, 1.54) is 11.1 Å². The van der Waals surface area contributed by atoms with Gasteiger partial charge in [-0.2, -0.15) is 0 Å². The van der Waals surface area contributed by atoms with Gasteiger partial charge in [0.25, 0.3) is 5.91 Å². The molecule has 1 fully saturated rings. The first-order valence-corrected chi connectivity index (χ1v) is 18.0. The molecule has 0 aromatic heterocycles. The largest absolute Gasteiger partial charge is 0.490 e. The lowest BCUT2D eigenvalue weighted by Gasteiger charge is -2.46. The van der Waals surface area contributed by atoms with Crippen LogP contribution in [0.5, 0.6) is 5.75 Å². The number of aliphatic hydroxyl groups is 1. The highest BCUT2D eigenvalue weighted by Crippen LogP contribution is 2.47. The molecule has 2 heterocycles. The van der Waals surface area contributed by atoms with Crippen LogP contribution in [-0.2, 0) is 21.5 Å². The summed E-state index contributed by atoms with van der Waals surface area (Å²) < 4.78 is 23.2. The summed E-state index contributed by atoms with van der Waals surface area (Å²) >= 11 is 6.42. The highest BCUT2D eigenvalue weighted by molar-refractivity contribution is 7.99. The molecule has 1 saturated carbocycles. The Morgan fingerprint density at radius 1 is 1.19 bits per heavy atom. The summed E-state index contributed by atoms with van der Waals surface area (Å²) in [6.07, 6.45) is 6.08. The van der Waals surface area contributed by atoms with Gasteiger partial charge in [0.15, 0.2) is 0 Å². The van der Waals surface area contributed by atoms with E-state index in [1.54, 1.807) is 6.07 Å². The molecule has 4 aliphatic rings. The molecule has 8 atom stereocenters. The number of benzene rings is 2. The van der Waals surface area contributed by atoms with Gasteiger partial charge in [0.2, 0.25) is 0 Å². The van der Waals surface area contributed by atoms with Crippen molar-refractivity contribution in [3.63, 3.8) is 0 Å². The number of aryl methyl sites for hydroxylation is 1. The van der Waals surface area contributed by atoms with Gasteiger partial charge < -0.3 is 20.1 Å². The van der Waals surface area contributed by atoms with Gasteiger partial charge in [-0.1, -0.05) is 24.6 Å². The summed E-state index contributed by atoms with van der Waals surface area (Å²) in [7, 11) is -1.01. The number of anilines is 1. The quantitative estimate of drug-likeness (QED) is 0.387. The standard InChI is InChI=1S/C34H46ClN3O4S/c1-21-14-27(36-3)17-31(39)28-10-7-25(28)18-38-19-34(13-5-6-23-15-26(35)9-11-29(23)34)20-42-32-12-8-24(16-30(32)38)33(40)37-43(4,41)22(21)2/h8-9,11-12,15-16,21-22,25,27-28,31,36,39H,4-7,10,13-14,17-20H2,1-3H3,(H,37,40,41)/t21-,22+,25-,27+,28+,31+,34-,43?/m0/s1. The lowest BCUT2D eigenvalue weighted by molar-refractivity contribution is 0.00355. The number of rotatable bonds is 1. The number of hydrogen-bond acceptors (Lipinski definition) is 6. The number of halogens is 1. The third kappa shape index (κ3) is 5.92. The van der Waals surface area contributed by atoms with Gasteiger partial charge in [-0.15, -0.1) is 0 Å². The van der Waals surface area contributed by atoms with Crippen molar-refractivity contribution in [3.8, 4) is 5.75 Å². The van der Waals surface area contributed by atoms with Gasteiger partial charge in [0.05, 0.1) is 28.1 Å². The Hall–Kier alpha value is -2.26. The molecule has 9 heteroatoms. The van der Waals surface area contributed by atoms with Crippen LogP contribution >= 0.6 is 11.6 Å². The van der Waals surface area contributed by atoms with Gasteiger partial charge in [0.1, 0.15) is 5.75 Å². The molecule has 1 amide bonds. The Bertz CT molecular complexity index is 1480. The average molecular weight is 628 g/mol. The fraction of sp³-hybridized carbons (Fsp3) is 0.588. The van der Waals surface area contributed by atoms with Crippen molar-refractivity contribution in [2.75, 3.05) is 31.6 Å². The molecule has 0 radical (unpaired) electrons. The Kier molecular flexibility index (Phi) is 8.52. The number of amides is 1. The van der Waals surface area contributed by atoms with Crippen LogP contribution in [0.3, 0.4) is 0 Å². The number of hydrogen-bond donors (Lipinski definition) is 3. The third-order valence-electron chi connectivity index (χ3n) is 11.0. The molecule has 7 nitrogen and oxygen atoms in total. The number of carbonyl (C=O) groups excluding carboxylic acids is 1. The van der Waals surface area contributed by atoms with Crippen LogP contribution in [0.4, 0.5) is 5.69 Å². The minimum Gasteiger partial charge on any atom is -0.490 e. The molecule has 43 heavy (non-hydrogen) atoms. The molecular weight excluding hydrogens is 582 g/mol. The van der Waals surface area contributed by atoms with E-state index in [9.17, 15) is 14.1 Å². The van der Waals surface area contributed by atoms with Gasteiger partial charge in [0, 0.05) is 40.4 Å². The second-order valence-corrected chi connectivity index (χ2v) is 16.5. The zero-order valence-corrected chi connectivity index (χ0v) is 27.2. The van der Waals surface area contributed by atoms with E-state index >= 15 is 0 Å². The van der Waals surface area contributed by atoms with Gasteiger partial charge >= 0.3 is 0 Å². The second kappa shape index (κ2) is 11.9. The van der Waals surface area contributed by atoms with Crippen molar-refractivity contribution >= 4 is 38.8 Å². The summed E-state index contributed by atoms with van der Waals surface area (Å²) in [4.78, 5) is 16.0. The van der Waals surface area contributed by atoms with Crippen LogP contribution in [0.1, 0.15) is 73.9 Å². The predicted octanol–water partition coefficient (Wildman–Crippen LogP) is 4.97. The van der Waals surface area contributed by atoms with Crippen molar-refractivity contribution in [1.29, 1.82) is 0 Å². The minimum atomic E-state index is -2.94. The first kappa shape index (κ1) is 30.8. The van der Waals surface area contributed by atoms with Crippen LogP contribution in [0.25, 0.3) is 0 Å². The first-order chi connectivity index (χ1) is 20.5. The first-order valence-electron chi connectivity index (χ1n) is 15.8. The highest BCUT2D eigenvalue weighted by atomic mass is 35.5. The number of aliphatic hydroxyl groups excluding tert-OH is 1. The second-order valence-electron chi connectivity index (χ2n) is 13.7. The fourth-order valence-electron chi connectivity index (χ4n) is 7.99. The maximum absolute atomic E-state index is 13.8. The summed E-state index contributed by atoms with van der Waals surface area (Å²) in [6, 6.07) is 11.9. The van der Waals surface area contributed by atoms with Gasteiger partial charge in [-0.3, -0.25) is 9.52 Å². The fourth-order valence-corrected chi connectivity index (χ4v) is 9.66. The molecule has 1 unspecified atom stereocenters.